The molecule has 2 fully saturated rings. The highest BCUT2D eigenvalue weighted by molar-refractivity contribution is 7.89. The van der Waals surface area contributed by atoms with E-state index in [1.807, 2.05) is 0 Å². The summed E-state index contributed by atoms with van der Waals surface area (Å²) in [5, 5.41) is 2.86. The fourth-order valence-corrected chi connectivity index (χ4v) is 5.81. The molecule has 0 radical (unpaired) electrons. The molecule has 3 aliphatic rings. The topological polar surface area (TPSA) is 96.0 Å². The lowest BCUT2D eigenvalue weighted by Crippen LogP contribution is -2.46. The Hall–Kier alpha value is -2.13. The van der Waals surface area contributed by atoms with Crippen molar-refractivity contribution in [1.82, 2.24) is 9.62 Å². The van der Waals surface area contributed by atoms with E-state index in [1.54, 1.807) is 6.07 Å². The van der Waals surface area contributed by atoms with Crippen molar-refractivity contribution < 1.29 is 22.7 Å². The van der Waals surface area contributed by atoms with Gasteiger partial charge in [0.15, 0.2) is 6.61 Å². The molecule has 2 amide bonds. The average molecular weight is 422 g/mol. The number of nitrogens with zero attached hydrogens (tertiary/aromatic N) is 2. The lowest BCUT2D eigenvalue weighted by molar-refractivity contribution is -0.125. The monoisotopic (exact) mass is 421 g/mol. The van der Waals surface area contributed by atoms with Crippen molar-refractivity contribution in [2.75, 3.05) is 31.1 Å². The number of sulfonamides is 1. The minimum absolute atomic E-state index is 0.114. The van der Waals surface area contributed by atoms with E-state index in [2.05, 4.69) is 19.2 Å². The van der Waals surface area contributed by atoms with Crippen LogP contribution in [0.25, 0.3) is 0 Å². The highest BCUT2D eigenvalue weighted by Gasteiger charge is 2.34. The molecular weight excluding hydrogens is 394 g/mol. The molecule has 1 aliphatic carbocycles. The number of carbonyl (C=O) groups is 2. The zero-order valence-corrected chi connectivity index (χ0v) is 17.6. The van der Waals surface area contributed by atoms with Crippen LogP contribution in [0.3, 0.4) is 0 Å². The first-order valence-corrected chi connectivity index (χ1v) is 11.5. The van der Waals surface area contributed by atoms with Gasteiger partial charge in [-0.15, -0.1) is 0 Å². The Bertz CT molecular complexity index is 918. The maximum absolute atomic E-state index is 13.2. The van der Waals surface area contributed by atoms with E-state index in [4.69, 9.17) is 4.74 Å². The summed E-state index contributed by atoms with van der Waals surface area (Å²) in [4.78, 5) is 26.1. The standard InChI is InChI=1S/C20H27N3O5S/c1-13-7-14(2)10-22(9-13)29(26,27)16-5-6-18-17(8-16)23(20(25)12-28-18)11-19(24)21-15-3-4-15/h5-6,8,13-15H,3-4,7,9-12H2,1-2H3,(H,21,24). The number of amides is 2. The minimum Gasteiger partial charge on any atom is -0.482 e. The van der Waals surface area contributed by atoms with Crippen molar-refractivity contribution in [1.29, 1.82) is 0 Å². The first-order chi connectivity index (χ1) is 13.7. The molecule has 0 aromatic heterocycles. The van der Waals surface area contributed by atoms with Crippen LogP contribution in [0.5, 0.6) is 5.75 Å². The molecule has 9 heteroatoms. The molecule has 1 saturated heterocycles. The van der Waals surface area contributed by atoms with Gasteiger partial charge in [0.2, 0.25) is 15.9 Å². The lowest BCUT2D eigenvalue weighted by atomic mass is 9.94. The molecule has 2 unspecified atom stereocenters. The number of ether oxygens (including phenoxy) is 1. The molecular formula is C20H27N3O5S. The second kappa shape index (κ2) is 7.60. The number of benzene rings is 1. The molecule has 1 aromatic carbocycles. The summed E-state index contributed by atoms with van der Waals surface area (Å²) < 4.78 is 33.4. The fourth-order valence-electron chi connectivity index (χ4n) is 4.11. The van der Waals surface area contributed by atoms with Crippen LogP contribution in [0.15, 0.2) is 23.1 Å². The van der Waals surface area contributed by atoms with Gasteiger partial charge in [-0.1, -0.05) is 13.8 Å². The van der Waals surface area contributed by atoms with Crippen LogP contribution >= 0.6 is 0 Å². The number of rotatable bonds is 5. The van der Waals surface area contributed by atoms with Gasteiger partial charge in [0, 0.05) is 19.1 Å². The van der Waals surface area contributed by atoms with Gasteiger partial charge in [-0.05, 0) is 49.3 Å². The summed E-state index contributed by atoms with van der Waals surface area (Å²) in [6, 6.07) is 4.72. The maximum Gasteiger partial charge on any atom is 0.265 e. The molecule has 0 bridgehead atoms. The molecule has 1 saturated carbocycles. The Morgan fingerprint density at radius 2 is 1.90 bits per heavy atom. The summed E-state index contributed by atoms with van der Waals surface area (Å²) >= 11 is 0. The molecule has 0 spiro atoms. The fraction of sp³-hybridized carbons (Fsp3) is 0.600. The van der Waals surface area contributed by atoms with Gasteiger partial charge in [0.25, 0.3) is 5.91 Å². The Morgan fingerprint density at radius 1 is 1.21 bits per heavy atom. The number of carbonyl (C=O) groups excluding carboxylic acids is 2. The van der Waals surface area contributed by atoms with Crippen LogP contribution in [-0.2, 0) is 19.6 Å². The van der Waals surface area contributed by atoms with Gasteiger partial charge in [0.1, 0.15) is 12.3 Å². The van der Waals surface area contributed by atoms with Crippen molar-refractivity contribution in [2.24, 2.45) is 11.8 Å². The van der Waals surface area contributed by atoms with Crippen molar-refractivity contribution in [2.45, 2.75) is 44.0 Å². The largest absolute Gasteiger partial charge is 0.482 e. The number of fused-ring (bicyclic) bond motifs is 1. The third-order valence-corrected chi connectivity index (χ3v) is 7.42. The van der Waals surface area contributed by atoms with Crippen molar-refractivity contribution in [3.8, 4) is 5.75 Å². The number of hydrogen-bond donors (Lipinski definition) is 1. The molecule has 2 aliphatic heterocycles. The minimum atomic E-state index is -3.70. The Morgan fingerprint density at radius 3 is 2.55 bits per heavy atom. The van der Waals surface area contributed by atoms with Crippen LogP contribution in [0, 0.1) is 11.8 Å². The van der Waals surface area contributed by atoms with E-state index in [1.165, 1.54) is 21.3 Å². The number of anilines is 1. The third-order valence-electron chi connectivity index (χ3n) is 5.59. The van der Waals surface area contributed by atoms with E-state index < -0.39 is 10.0 Å². The molecule has 1 aromatic rings. The van der Waals surface area contributed by atoms with E-state index in [0.717, 1.165) is 19.3 Å². The van der Waals surface area contributed by atoms with Gasteiger partial charge in [-0.3, -0.25) is 14.5 Å². The van der Waals surface area contributed by atoms with Crippen LogP contribution in [0.1, 0.15) is 33.1 Å². The molecule has 8 nitrogen and oxygen atoms in total. The predicted octanol–water partition coefficient (Wildman–Crippen LogP) is 1.36. The summed E-state index contributed by atoms with van der Waals surface area (Å²) in [6.07, 6.45) is 2.91. The van der Waals surface area contributed by atoms with Crippen LogP contribution in [0.2, 0.25) is 0 Å². The quantitative estimate of drug-likeness (QED) is 0.774. The second-order valence-electron chi connectivity index (χ2n) is 8.51. The average Bonchev–Trinajstić information content (AvgIpc) is 3.46. The summed E-state index contributed by atoms with van der Waals surface area (Å²) in [6.45, 7) is 4.75. The zero-order chi connectivity index (χ0) is 20.8. The van der Waals surface area contributed by atoms with E-state index >= 15 is 0 Å². The second-order valence-corrected chi connectivity index (χ2v) is 10.4. The Labute approximate surface area is 171 Å². The molecule has 29 heavy (non-hydrogen) atoms. The van der Waals surface area contributed by atoms with Crippen molar-refractivity contribution >= 4 is 27.5 Å². The first kappa shape index (κ1) is 20.2. The number of nitrogens with one attached hydrogen (secondary N) is 1. The highest BCUT2D eigenvalue weighted by Crippen LogP contribution is 2.36. The smallest absolute Gasteiger partial charge is 0.265 e. The molecule has 2 heterocycles. The Balaban J connectivity index is 1.62. The number of piperidine rings is 1. The molecule has 1 N–H and O–H groups in total. The molecule has 158 valence electrons. The van der Waals surface area contributed by atoms with E-state index in [9.17, 15) is 18.0 Å². The first-order valence-electron chi connectivity index (χ1n) is 10.1. The van der Waals surface area contributed by atoms with Crippen molar-refractivity contribution in [3.05, 3.63) is 18.2 Å². The normalized spacial score (nSPS) is 25.3. The highest BCUT2D eigenvalue weighted by atomic mass is 32.2. The van der Waals surface area contributed by atoms with Gasteiger partial charge < -0.3 is 10.1 Å². The zero-order valence-electron chi connectivity index (χ0n) is 16.8. The SMILES string of the molecule is CC1CC(C)CN(S(=O)(=O)c2ccc3c(c2)N(CC(=O)NC2CC2)C(=O)CO3)C1. The Kier molecular flexibility index (Phi) is 5.29. The van der Waals surface area contributed by atoms with Gasteiger partial charge in [0.05, 0.1) is 10.6 Å². The predicted molar refractivity (Wildman–Crippen MR) is 107 cm³/mol. The van der Waals surface area contributed by atoms with E-state index in [0.29, 0.717) is 36.4 Å². The van der Waals surface area contributed by atoms with Crippen LogP contribution < -0.4 is 15.0 Å². The molecule has 2 atom stereocenters. The maximum atomic E-state index is 13.2. The van der Waals surface area contributed by atoms with Crippen LogP contribution in [-0.4, -0.2) is 56.8 Å². The molecule has 4 rings (SSSR count). The summed E-state index contributed by atoms with van der Waals surface area (Å²) in [5.41, 5.74) is 0.325. The lowest BCUT2D eigenvalue weighted by Gasteiger charge is -2.34. The van der Waals surface area contributed by atoms with E-state index in [-0.39, 0.29) is 35.9 Å². The summed E-state index contributed by atoms with van der Waals surface area (Å²) in [7, 11) is -3.70. The third kappa shape index (κ3) is 4.25. The summed E-state index contributed by atoms with van der Waals surface area (Å²) in [5.74, 6) is 0.374. The van der Waals surface area contributed by atoms with Gasteiger partial charge in [-0.2, -0.15) is 4.31 Å². The van der Waals surface area contributed by atoms with Gasteiger partial charge in [-0.25, -0.2) is 8.42 Å². The van der Waals surface area contributed by atoms with Crippen molar-refractivity contribution in [3.63, 3.8) is 0 Å². The van der Waals surface area contributed by atoms with Crippen LogP contribution in [0.4, 0.5) is 5.69 Å². The van der Waals surface area contributed by atoms with Gasteiger partial charge >= 0.3 is 0 Å². The number of hydrogen-bond acceptors (Lipinski definition) is 5.